The third kappa shape index (κ3) is 4.09. The zero-order valence-electron chi connectivity index (χ0n) is 16.9. The predicted octanol–water partition coefficient (Wildman–Crippen LogP) is 1.97. The second kappa shape index (κ2) is 8.73. The number of carboxylic acids is 1. The van der Waals surface area contributed by atoms with Crippen LogP contribution in [0.5, 0.6) is 0 Å². The SMILES string of the molecule is C=c1s/c(=C2\C(=O)N(CC(=O)O)c3ccccc32)c(=O)n1CCCCc1ccccc1. The fourth-order valence-electron chi connectivity index (χ4n) is 3.87. The van der Waals surface area contributed by atoms with Gasteiger partial charge >= 0.3 is 5.97 Å². The quantitative estimate of drug-likeness (QED) is 0.577. The summed E-state index contributed by atoms with van der Waals surface area (Å²) in [6.45, 7) is 4.09. The summed E-state index contributed by atoms with van der Waals surface area (Å²) in [7, 11) is 0. The number of carbonyl (C=O) groups is 2. The number of amides is 1. The molecule has 0 unspecified atom stereocenters. The topological polar surface area (TPSA) is 79.6 Å². The van der Waals surface area contributed by atoms with Gasteiger partial charge in [0.2, 0.25) is 0 Å². The first-order valence-corrected chi connectivity index (χ1v) is 10.9. The lowest BCUT2D eigenvalue weighted by molar-refractivity contribution is -0.136. The number of aromatic nitrogens is 1. The lowest BCUT2D eigenvalue weighted by atomic mass is 10.1. The molecule has 6 nitrogen and oxygen atoms in total. The van der Waals surface area contributed by atoms with E-state index in [0.717, 1.165) is 19.3 Å². The number of carboxylic acid groups (broad SMARTS) is 1. The van der Waals surface area contributed by atoms with E-state index in [2.05, 4.69) is 18.7 Å². The Labute approximate surface area is 183 Å². The summed E-state index contributed by atoms with van der Waals surface area (Å²) in [4.78, 5) is 38.7. The minimum absolute atomic E-state index is 0.245. The molecular weight excluding hydrogens is 412 g/mol. The van der Waals surface area contributed by atoms with E-state index >= 15 is 0 Å². The Bertz CT molecular complexity index is 1310. The number of nitrogens with zero attached hydrogens (tertiary/aromatic N) is 2. The van der Waals surface area contributed by atoms with E-state index in [1.54, 1.807) is 28.8 Å². The van der Waals surface area contributed by atoms with Crippen LogP contribution in [0.4, 0.5) is 5.69 Å². The number of rotatable bonds is 7. The van der Waals surface area contributed by atoms with Gasteiger partial charge in [0.05, 0.1) is 15.9 Å². The molecule has 2 heterocycles. The van der Waals surface area contributed by atoms with Gasteiger partial charge in [0.15, 0.2) is 0 Å². The molecule has 31 heavy (non-hydrogen) atoms. The molecule has 1 aliphatic heterocycles. The molecule has 0 saturated heterocycles. The van der Waals surface area contributed by atoms with Crippen molar-refractivity contribution in [2.45, 2.75) is 25.8 Å². The van der Waals surface area contributed by atoms with Crippen LogP contribution in [0.25, 0.3) is 12.2 Å². The van der Waals surface area contributed by atoms with Gasteiger partial charge in [-0.25, -0.2) is 0 Å². The summed E-state index contributed by atoms with van der Waals surface area (Å²) in [5.74, 6) is -1.57. The summed E-state index contributed by atoms with van der Waals surface area (Å²) in [5.41, 5.74) is 2.38. The van der Waals surface area contributed by atoms with E-state index in [0.29, 0.717) is 27.0 Å². The third-order valence-corrected chi connectivity index (χ3v) is 6.38. The Morgan fingerprint density at radius 1 is 1.00 bits per heavy atom. The van der Waals surface area contributed by atoms with Crippen molar-refractivity contribution >= 4 is 41.1 Å². The summed E-state index contributed by atoms with van der Waals surface area (Å²) < 4.78 is 2.53. The number of aryl methyl sites for hydroxylation is 1. The number of aliphatic carboxylic acids is 1. The lowest BCUT2D eigenvalue weighted by Gasteiger charge is -2.13. The number of carbonyl (C=O) groups excluding carboxylic acids is 1. The van der Waals surface area contributed by atoms with Gasteiger partial charge in [-0.05, 0) is 30.9 Å². The summed E-state index contributed by atoms with van der Waals surface area (Å²) in [5, 5.41) is 9.20. The molecule has 1 aliphatic rings. The summed E-state index contributed by atoms with van der Waals surface area (Å²) in [6.07, 6.45) is 2.69. The first kappa shape index (κ1) is 20.8. The molecule has 0 spiro atoms. The Balaban J connectivity index is 1.64. The number of para-hydroxylation sites is 1. The molecule has 0 radical (unpaired) electrons. The second-order valence-corrected chi connectivity index (χ2v) is 8.49. The zero-order chi connectivity index (χ0) is 22.0. The summed E-state index contributed by atoms with van der Waals surface area (Å²) >= 11 is 1.19. The minimum atomic E-state index is -1.11. The van der Waals surface area contributed by atoms with E-state index in [-0.39, 0.29) is 11.1 Å². The van der Waals surface area contributed by atoms with E-state index < -0.39 is 18.4 Å². The van der Waals surface area contributed by atoms with Gasteiger partial charge < -0.3 is 5.11 Å². The van der Waals surface area contributed by atoms with Crippen molar-refractivity contribution in [3.8, 4) is 0 Å². The van der Waals surface area contributed by atoms with E-state index in [4.69, 9.17) is 0 Å². The Morgan fingerprint density at radius 2 is 1.71 bits per heavy atom. The number of fused-ring (bicyclic) bond motifs is 1. The van der Waals surface area contributed by atoms with E-state index in [9.17, 15) is 19.5 Å². The highest BCUT2D eigenvalue weighted by atomic mass is 32.1. The van der Waals surface area contributed by atoms with Gasteiger partial charge in [-0.1, -0.05) is 55.1 Å². The van der Waals surface area contributed by atoms with Gasteiger partial charge in [-0.15, -0.1) is 11.3 Å². The van der Waals surface area contributed by atoms with Crippen LogP contribution in [0, 0.1) is 0 Å². The van der Waals surface area contributed by atoms with Gasteiger partial charge in [-0.2, -0.15) is 0 Å². The van der Waals surface area contributed by atoms with Crippen LogP contribution in [-0.4, -0.2) is 28.1 Å². The second-order valence-electron chi connectivity index (χ2n) is 7.40. The first-order valence-electron chi connectivity index (χ1n) is 10.1. The van der Waals surface area contributed by atoms with Gasteiger partial charge in [0.25, 0.3) is 11.5 Å². The molecule has 3 aromatic rings. The highest BCUT2D eigenvalue weighted by molar-refractivity contribution is 7.07. The number of thiazole rings is 1. The van der Waals surface area contributed by atoms with Crippen molar-refractivity contribution in [3.63, 3.8) is 0 Å². The first-order chi connectivity index (χ1) is 15.0. The molecule has 0 aliphatic carbocycles. The highest BCUT2D eigenvalue weighted by Gasteiger charge is 2.35. The monoisotopic (exact) mass is 434 g/mol. The maximum absolute atomic E-state index is 13.2. The molecule has 0 bridgehead atoms. The normalized spacial score (nSPS) is 14.7. The number of unbranched alkanes of at least 4 members (excludes halogenated alkanes) is 1. The van der Waals surface area contributed by atoms with Gasteiger partial charge in [0.1, 0.15) is 11.1 Å². The predicted molar refractivity (Wildman–Crippen MR) is 122 cm³/mol. The molecular formula is C24H22N2O4S. The van der Waals surface area contributed by atoms with Crippen molar-refractivity contribution < 1.29 is 14.7 Å². The Kier molecular flexibility index (Phi) is 5.86. The fraction of sp³-hybridized carbons (Fsp3) is 0.208. The molecule has 158 valence electrons. The van der Waals surface area contributed by atoms with Crippen LogP contribution >= 0.6 is 11.3 Å². The van der Waals surface area contributed by atoms with Crippen molar-refractivity contribution in [2.24, 2.45) is 0 Å². The largest absolute Gasteiger partial charge is 0.480 e. The van der Waals surface area contributed by atoms with Crippen molar-refractivity contribution in [3.05, 3.63) is 85.3 Å². The highest BCUT2D eigenvalue weighted by Crippen LogP contribution is 2.34. The molecule has 0 saturated carbocycles. The van der Waals surface area contributed by atoms with Crippen LogP contribution in [-0.2, 0) is 22.6 Å². The molecule has 2 aromatic carbocycles. The van der Waals surface area contributed by atoms with Gasteiger partial charge in [-0.3, -0.25) is 23.9 Å². The fourth-order valence-corrected chi connectivity index (χ4v) is 4.89. The zero-order valence-corrected chi connectivity index (χ0v) is 17.7. The van der Waals surface area contributed by atoms with E-state index in [1.165, 1.54) is 21.8 Å². The van der Waals surface area contributed by atoms with Crippen molar-refractivity contribution in [1.29, 1.82) is 0 Å². The minimum Gasteiger partial charge on any atom is -0.480 e. The van der Waals surface area contributed by atoms with Crippen LogP contribution in [0.3, 0.4) is 0 Å². The lowest BCUT2D eigenvalue weighted by Crippen LogP contribution is -2.36. The number of hydrogen-bond donors (Lipinski definition) is 1. The van der Waals surface area contributed by atoms with E-state index in [1.807, 2.05) is 18.2 Å². The Morgan fingerprint density at radius 3 is 2.45 bits per heavy atom. The summed E-state index contributed by atoms with van der Waals surface area (Å²) in [6, 6.07) is 17.2. The molecule has 0 atom stereocenters. The molecule has 1 aromatic heterocycles. The maximum atomic E-state index is 13.2. The standard InChI is InChI=1S/C24H22N2O4S/c1-16-25(14-8-7-11-17-9-3-2-4-10-17)24(30)22(31-16)21-18-12-5-6-13-19(18)26(23(21)29)15-20(27)28/h2-6,9-10,12-13H,1,7-8,11,14-15H2,(H,27,28)/b22-21-. The smallest absolute Gasteiger partial charge is 0.323 e. The molecule has 0 fully saturated rings. The van der Waals surface area contributed by atoms with Crippen molar-refractivity contribution in [2.75, 3.05) is 11.4 Å². The van der Waals surface area contributed by atoms with Crippen LogP contribution < -0.4 is 19.7 Å². The van der Waals surface area contributed by atoms with Gasteiger partial charge in [0, 0.05) is 12.1 Å². The number of anilines is 1. The maximum Gasteiger partial charge on any atom is 0.323 e. The molecule has 1 N–H and O–H groups in total. The number of benzene rings is 2. The third-order valence-electron chi connectivity index (χ3n) is 5.34. The average Bonchev–Trinajstić information content (AvgIpc) is 3.19. The number of hydrogen-bond acceptors (Lipinski definition) is 4. The van der Waals surface area contributed by atoms with Crippen LogP contribution in [0.15, 0.2) is 59.4 Å². The average molecular weight is 435 g/mol. The molecule has 1 amide bonds. The van der Waals surface area contributed by atoms with Crippen molar-refractivity contribution in [1.82, 2.24) is 4.57 Å². The van der Waals surface area contributed by atoms with Crippen LogP contribution in [0.1, 0.15) is 24.0 Å². The molecule has 4 rings (SSSR count). The van der Waals surface area contributed by atoms with Crippen LogP contribution in [0.2, 0.25) is 0 Å². The molecule has 7 heteroatoms. The Hall–Kier alpha value is -3.45.